The number of aromatic nitrogens is 2. The summed E-state index contributed by atoms with van der Waals surface area (Å²) in [5.41, 5.74) is 2.90. The molecule has 2 heterocycles. The fourth-order valence-corrected chi connectivity index (χ4v) is 5.05. The minimum Gasteiger partial charge on any atom is -0.494 e. The van der Waals surface area contributed by atoms with Crippen LogP contribution in [0.1, 0.15) is 13.3 Å². The minimum atomic E-state index is -0.604. The van der Waals surface area contributed by atoms with Crippen LogP contribution < -0.4 is 9.64 Å². The fraction of sp³-hybridized carbons (Fsp3) is 0.154. The van der Waals surface area contributed by atoms with E-state index in [9.17, 15) is 9.59 Å². The van der Waals surface area contributed by atoms with Crippen molar-refractivity contribution in [2.75, 3.05) is 11.5 Å². The first kappa shape index (κ1) is 22.4. The molecular weight excluding hydrogens is 470 g/mol. The van der Waals surface area contributed by atoms with Crippen LogP contribution in [0.25, 0.3) is 22.2 Å². The molecule has 4 aromatic rings. The van der Waals surface area contributed by atoms with Crippen molar-refractivity contribution in [3.63, 3.8) is 0 Å². The average Bonchev–Trinajstić information content (AvgIpc) is 3.12. The second kappa shape index (κ2) is 9.44. The van der Waals surface area contributed by atoms with Gasteiger partial charge in [0.2, 0.25) is 11.8 Å². The molecule has 5 rings (SSSR count). The molecule has 1 atom stereocenters. The lowest BCUT2D eigenvalue weighted by Gasteiger charge is -2.15. The molecule has 2 amide bonds. The maximum atomic E-state index is 13.2. The normalized spacial score (nSPS) is 15.8. The maximum Gasteiger partial charge on any atom is 0.247 e. The van der Waals surface area contributed by atoms with Crippen molar-refractivity contribution < 1.29 is 14.3 Å². The van der Waals surface area contributed by atoms with Crippen molar-refractivity contribution >= 4 is 51.8 Å². The molecule has 34 heavy (non-hydrogen) atoms. The smallest absolute Gasteiger partial charge is 0.247 e. The van der Waals surface area contributed by atoms with Crippen molar-refractivity contribution in [2.24, 2.45) is 0 Å². The minimum absolute atomic E-state index is 0.0827. The number of carbonyl (C=O) groups excluding carboxylic acids is 2. The third-order valence-corrected chi connectivity index (χ3v) is 6.72. The van der Waals surface area contributed by atoms with Gasteiger partial charge >= 0.3 is 0 Å². The van der Waals surface area contributed by atoms with Crippen molar-refractivity contribution in [1.29, 1.82) is 0 Å². The topological polar surface area (TPSA) is 72.4 Å². The fourth-order valence-electron chi connectivity index (χ4n) is 3.90. The molecule has 3 aromatic carbocycles. The van der Waals surface area contributed by atoms with Crippen LogP contribution in [0.5, 0.6) is 5.75 Å². The molecule has 8 heteroatoms. The van der Waals surface area contributed by atoms with Crippen molar-refractivity contribution in [3.8, 4) is 17.0 Å². The van der Waals surface area contributed by atoms with E-state index in [2.05, 4.69) is 4.98 Å². The van der Waals surface area contributed by atoms with Gasteiger partial charge in [0.05, 0.1) is 23.5 Å². The van der Waals surface area contributed by atoms with E-state index in [1.165, 1.54) is 16.7 Å². The second-order valence-electron chi connectivity index (χ2n) is 7.69. The Bertz CT molecular complexity index is 1380. The number of ether oxygens (including phenoxy) is 1. The standard InChI is InChI=1S/C26H20ClN3O3S/c1-2-33-19-11-9-18(10-12-19)30-23(31)15-22(25(30)32)34-26-28-21-13-8-17(27)14-20(21)24(29-26)16-6-4-3-5-7-16/h3-14,22H,2,15H2,1H3/t22-/m1/s1. The van der Waals surface area contributed by atoms with Gasteiger partial charge in [-0.3, -0.25) is 9.59 Å². The van der Waals surface area contributed by atoms with Gasteiger partial charge in [0.15, 0.2) is 5.16 Å². The van der Waals surface area contributed by atoms with Gasteiger partial charge < -0.3 is 4.74 Å². The van der Waals surface area contributed by atoms with Crippen LogP contribution in [-0.2, 0) is 9.59 Å². The number of benzene rings is 3. The summed E-state index contributed by atoms with van der Waals surface area (Å²) < 4.78 is 5.45. The number of amides is 2. The molecule has 6 nitrogen and oxygen atoms in total. The van der Waals surface area contributed by atoms with Gasteiger partial charge in [-0.15, -0.1) is 0 Å². The zero-order chi connectivity index (χ0) is 23.7. The predicted molar refractivity (Wildman–Crippen MR) is 134 cm³/mol. The quantitative estimate of drug-likeness (QED) is 0.253. The van der Waals surface area contributed by atoms with Gasteiger partial charge in [-0.05, 0) is 49.4 Å². The van der Waals surface area contributed by atoms with Crippen LogP contribution in [0, 0.1) is 0 Å². The average molecular weight is 490 g/mol. The lowest BCUT2D eigenvalue weighted by molar-refractivity contribution is -0.121. The summed E-state index contributed by atoms with van der Waals surface area (Å²) >= 11 is 7.44. The molecule has 1 aliphatic heterocycles. The molecule has 0 N–H and O–H groups in total. The highest BCUT2D eigenvalue weighted by Crippen LogP contribution is 2.36. The number of nitrogens with zero attached hydrogens (tertiary/aromatic N) is 3. The molecule has 0 spiro atoms. The Kier molecular flexibility index (Phi) is 6.22. The molecular formula is C26H20ClN3O3S. The number of fused-ring (bicyclic) bond motifs is 1. The van der Waals surface area contributed by atoms with Crippen molar-refractivity contribution in [1.82, 2.24) is 9.97 Å². The lowest BCUT2D eigenvalue weighted by atomic mass is 10.1. The number of thioether (sulfide) groups is 1. The summed E-state index contributed by atoms with van der Waals surface area (Å²) in [6.07, 6.45) is 0.0827. The first-order chi connectivity index (χ1) is 16.5. The first-order valence-electron chi connectivity index (χ1n) is 10.8. The molecule has 0 bridgehead atoms. The van der Waals surface area contributed by atoms with E-state index in [1.54, 1.807) is 30.3 Å². The number of halogens is 1. The van der Waals surface area contributed by atoms with Gasteiger partial charge in [-0.25, -0.2) is 14.9 Å². The largest absolute Gasteiger partial charge is 0.494 e. The highest BCUT2D eigenvalue weighted by Gasteiger charge is 2.40. The molecule has 1 aliphatic rings. The monoisotopic (exact) mass is 489 g/mol. The summed E-state index contributed by atoms with van der Waals surface area (Å²) in [5.74, 6) is 0.164. The number of hydrogen-bond acceptors (Lipinski definition) is 6. The van der Waals surface area contributed by atoms with Gasteiger partial charge in [0.25, 0.3) is 0 Å². The van der Waals surface area contributed by atoms with Crippen molar-refractivity contribution in [3.05, 3.63) is 77.8 Å². The summed E-state index contributed by atoms with van der Waals surface area (Å²) in [5, 5.41) is 1.25. The van der Waals surface area contributed by atoms with E-state index in [-0.39, 0.29) is 18.2 Å². The SMILES string of the molecule is CCOc1ccc(N2C(=O)C[C@@H](Sc3nc(-c4ccccc4)c4cc(Cl)ccc4n3)C2=O)cc1. The van der Waals surface area contributed by atoms with Crippen LogP contribution in [-0.4, -0.2) is 33.6 Å². The van der Waals surface area contributed by atoms with Crippen molar-refractivity contribution in [2.45, 2.75) is 23.8 Å². The zero-order valence-corrected chi connectivity index (χ0v) is 19.8. The Labute approximate surface area is 205 Å². The van der Waals surface area contributed by atoms with E-state index in [0.29, 0.717) is 28.2 Å². The lowest BCUT2D eigenvalue weighted by Crippen LogP contribution is -2.31. The highest BCUT2D eigenvalue weighted by molar-refractivity contribution is 8.00. The Morgan fingerprint density at radius 1 is 1.03 bits per heavy atom. The van der Waals surface area contributed by atoms with E-state index in [1.807, 2.05) is 49.4 Å². The Balaban J connectivity index is 1.46. The summed E-state index contributed by atoms with van der Waals surface area (Å²) in [4.78, 5) is 36.6. The molecule has 1 aromatic heterocycles. The number of imide groups is 1. The molecule has 1 fully saturated rings. The summed E-state index contributed by atoms with van der Waals surface area (Å²) in [6.45, 7) is 2.44. The third kappa shape index (κ3) is 4.36. The van der Waals surface area contributed by atoms with Crippen LogP contribution >= 0.6 is 23.4 Å². The number of anilines is 1. The zero-order valence-electron chi connectivity index (χ0n) is 18.3. The Hall–Kier alpha value is -3.42. The highest BCUT2D eigenvalue weighted by atomic mass is 35.5. The molecule has 0 unspecified atom stereocenters. The van der Waals surface area contributed by atoms with Crippen LogP contribution in [0.3, 0.4) is 0 Å². The number of rotatable bonds is 6. The molecule has 0 aliphatic carbocycles. The molecule has 170 valence electrons. The molecule has 0 radical (unpaired) electrons. The van der Waals surface area contributed by atoms with Gasteiger partial charge in [0.1, 0.15) is 11.0 Å². The predicted octanol–water partition coefficient (Wildman–Crippen LogP) is 5.77. The van der Waals surface area contributed by atoms with E-state index >= 15 is 0 Å². The van der Waals surface area contributed by atoms with E-state index in [0.717, 1.165) is 22.2 Å². The number of hydrogen-bond donors (Lipinski definition) is 0. The summed E-state index contributed by atoms with van der Waals surface area (Å²) in [7, 11) is 0. The van der Waals surface area contributed by atoms with Crippen LogP contribution in [0.15, 0.2) is 78.0 Å². The molecule has 1 saturated heterocycles. The van der Waals surface area contributed by atoms with Crippen LogP contribution in [0.2, 0.25) is 5.02 Å². The maximum absolute atomic E-state index is 13.2. The summed E-state index contributed by atoms with van der Waals surface area (Å²) in [6, 6.07) is 22.1. The van der Waals surface area contributed by atoms with Crippen LogP contribution in [0.4, 0.5) is 5.69 Å². The first-order valence-corrected chi connectivity index (χ1v) is 12.1. The third-order valence-electron chi connectivity index (χ3n) is 5.44. The van der Waals surface area contributed by atoms with Gasteiger partial charge in [-0.2, -0.15) is 0 Å². The van der Waals surface area contributed by atoms with Gasteiger partial charge in [0, 0.05) is 22.4 Å². The van der Waals surface area contributed by atoms with Gasteiger partial charge in [-0.1, -0.05) is 53.7 Å². The number of carbonyl (C=O) groups is 2. The second-order valence-corrected chi connectivity index (χ2v) is 9.29. The van der Waals surface area contributed by atoms with E-state index in [4.69, 9.17) is 21.3 Å². The molecule has 0 saturated carbocycles. The Morgan fingerprint density at radius 3 is 2.53 bits per heavy atom. The Morgan fingerprint density at radius 2 is 1.79 bits per heavy atom. The van der Waals surface area contributed by atoms with E-state index < -0.39 is 5.25 Å².